The number of aromatic nitrogens is 1. The van der Waals surface area contributed by atoms with Gasteiger partial charge >= 0.3 is 12.1 Å². The summed E-state index contributed by atoms with van der Waals surface area (Å²) in [5.74, 6) is -1.40. The molecule has 0 unspecified atom stereocenters. The molecule has 0 fully saturated rings. The topological polar surface area (TPSA) is 62.2 Å². The number of anilines is 1. The van der Waals surface area contributed by atoms with E-state index in [9.17, 15) is 22.4 Å². The van der Waals surface area contributed by atoms with Gasteiger partial charge in [-0.1, -0.05) is 36.4 Å². The van der Waals surface area contributed by atoms with Gasteiger partial charge in [0.15, 0.2) is 0 Å². The smallest absolute Gasteiger partial charge is 0.416 e. The maximum Gasteiger partial charge on any atom is 0.416 e. The van der Waals surface area contributed by atoms with Crippen molar-refractivity contribution in [3.63, 3.8) is 0 Å². The van der Waals surface area contributed by atoms with Crippen molar-refractivity contribution in [2.75, 3.05) is 11.9 Å². The van der Waals surface area contributed by atoms with Gasteiger partial charge in [-0.25, -0.2) is 9.37 Å². The molecule has 0 radical (unpaired) electrons. The molecular formula is C25H18F4N2O2. The molecule has 2 N–H and O–H groups in total. The van der Waals surface area contributed by atoms with E-state index in [0.29, 0.717) is 39.0 Å². The number of nitrogens with zero attached hydrogens (tertiary/aromatic N) is 1. The number of aliphatic carboxylic acids is 1. The molecule has 0 saturated heterocycles. The van der Waals surface area contributed by atoms with E-state index in [-0.39, 0.29) is 13.0 Å². The maximum absolute atomic E-state index is 13.8. The fraction of sp³-hybridized carbons (Fsp3) is 0.120. The number of pyridine rings is 1. The maximum atomic E-state index is 13.8. The minimum absolute atomic E-state index is 0.111. The molecule has 4 rings (SSSR count). The van der Waals surface area contributed by atoms with Crippen molar-refractivity contribution in [3.8, 4) is 22.4 Å². The van der Waals surface area contributed by atoms with E-state index >= 15 is 0 Å². The van der Waals surface area contributed by atoms with Crippen molar-refractivity contribution in [2.45, 2.75) is 12.6 Å². The summed E-state index contributed by atoms with van der Waals surface area (Å²) in [4.78, 5) is 15.4. The lowest BCUT2D eigenvalue weighted by atomic mass is 10.00. The van der Waals surface area contributed by atoms with Crippen LogP contribution in [0.4, 0.5) is 23.2 Å². The van der Waals surface area contributed by atoms with Gasteiger partial charge in [0, 0.05) is 23.2 Å². The van der Waals surface area contributed by atoms with Crippen molar-refractivity contribution in [1.29, 1.82) is 0 Å². The lowest BCUT2D eigenvalue weighted by molar-refractivity contribution is -0.138. The largest absolute Gasteiger partial charge is 0.481 e. The summed E-state index contributed by atoms with van der Waals surface area (Å²) < 4.78 is 52.8. The zero-order valence-electron chi connectivity index (χ0n) is 17.2. The number of hydrogen-bond acceptors (Lipinski definition) is 3. The molecule has 0 bridgehead atoms. The third-order valence-corrected chi connectivity index (χ3v) is 5.13. The second-order valence-electron chi connectivity index (χ2n) is 7.44. The van der Waals surface area contributed by atoms with E-state index in [1.807, 2.05) is 0 Å². The Morgan fingerprint density at radius 2 is 1.64 bits per heavy atom. The average molecular weight is 454 g/mol. The van der Waals surface area contributed by atoms with Crippen LogP contribution < -0.4 is 5.32 Å². The quantitative estimate of drug-likeness (QED) is 0.322. The molecule has 3 aromatic carbocycles. The van der Waals surface area contributed by atoms with E-state index in [4.69, 9.17) is 5.11 Å². The number of benzene rings is 3. The Bertz CT molecular complexity index is 1320. The highest BCUT2D eigenvalue weighted by Crippen LogP contribution is 2.33. The van der Waals surface area contributed by atoms with Gasteiger partial charge in [0.1, 0.15) is 5.82 Å². The SMILES string of the molecule is O=C(O)CCNc1cc(-c2ccc(-c3cccc(C(F)(F)F)c3)cc2)nc2ccc(F)cc12. The minimum atomic E-state index is -4.42. The Balaban J connectivity index is 1.69. The lowest BCUT2D eigenvalue weighted by Crippen LogP contribution is -2.08. The van der Waals surface area contributed by atoms with E-state index in [2.05, 4.69) is 10.3 Å². The number of rotatable bonds is 6. The third-order valence-electron chi connectivity index (χ3n) is 5.13. The van der Waals surface area contributed by atoms with Crippen LogP contribution in [-0.2, 0) is 11.0 Å². The first-order valence-corrected chi connectivity index (χ1v) is 10.0. The summed E-state index contributed by atoms with van der Waals surface area (Å²) in [5.41, 5.74) is 2.67. The number of alkyl halides is 3. The van der Waals surface area contributed by atoms with Crippen LogP contribution in [0.5, 0.6) is 0 Å². The van der Waals surface area contributed by atoms with Crippen molar-refractivity contribution >= 4 is 22.6 Å². The first-order valence-electron chi connectivity index (χ1n) is 10.0. The second kappa shape index (κ2) is 8.90. The van der Waals surface area contributed by atoms with Gasteiger partial charge < -0.3 is 10.4 Å². The summed E-state index contributed by atoms with van der Waals surface area (Å²) >= 11 is 0. The van der Waals surface area contributed by atoms with E-state index in [1.54, 1.807) is 36.4 Å². The number of fused-ring (bicyclic) bond motifs is 1. The highest BCUT2D eigenvalue weighted by atomic mass is 19.4. The lowest BCUT2D eigenvalue weighted by Gasteiger charge is -2.12. The number of carboxylic acids is 1. The van der Waals surface area contributed by atoms with Crippen LogP contribution in [0, 0.1) is 5.82 Å². The van der Waals surface area contributed by atoms with Crippen LogP contribution in [0.15, 0.2) is 72.8 Å². The van der Waals surface area contributed by atoms with Gasteiger partial charge in [0.2, 0.25) is 0 Å². The normalized spacial score (nSPS) is 11.5. The van der Waals surface area contributed by atoms with Crippen molar-refractivity contribution in [2.24, 2.45) is 0 Å². The Morgan fingerprint density at radius 3 is 2.33 bits per heavy atom. The van der Waals surface area contributed by atoms with Gasteiger partial charge in [0.05, 0.1) is 23.2 Å². The molecule has 0 aliphatic carbocycles. The predicted molar refractivity (Wildman–Crippen MR) is 118 cm³/mol. The highest BCUT2D eigenvalue weighted by Gasteiger charge is 2.30. The first kappa shape index (κ1) is 22.3. The molecule has 0 aliphatic rings. The zero-order chi connectivity index (χ0) is 23.6. The van der Waals surface area contributed by atoms with E-state index in [1.165, 1.54) is 24.3 Å². The van der Waals surface area contributed by atoms with Crippen LogP contribution in [0.25, 0.3) is 33.3 Å². The molecule has 0 spiro atoms. The fourth-order valence-corrected chi connectivity index (χ4v) is 3.50. The summed E-state index contributed by atoms with van der Waals surface area (Å²) in [6, 6.07) is 17.9. The Labute approximate surface area is 186 Å². The molecule has 33 heavy (non-hydrogen) atoms. The number of carboxylic acid groups (broad SMARTS) is 1. The molecule has 8 heteroatoms. The monoisotopic (exact) mass is 454 g/mol. The van der Waals surface area contributed by atoms with Crippen LogP contribution in [-0.4, -0.2) is 22.6 Å². The van der Waals surface area contributed by atoms with E-state index in [0.717, 1.165) is 12.1 Å². The Hall–Kier alpha value is -3.94. The van der Waals surface area contributed by atoms with Crippen LogP contribution in [0.1, 0.15) is 12.0 Å². The number of hydrogen-bond donors (Lipinski definition) is 2. The number of nitrogens with one attached hydrogen (secondary N) is 1. The second-order valence-corrected chi connectivity index (χ2v) is 7.44. The summed E-state index contributed by atoms with van der Waals surface area (Å²) in [6.45, 7) is 0.152. The molecule has 0 aliphatic heterocycles. The molecule has 0 atom stereocenters. The molecule has 4 aromatic rings. The van der Waals surface area contributed by atoms with Gasteiger partial charge in [-0.05, 0) is 47.5 Å². The molecule has 1 heterocycles. The minimum Gasteiger partial charge on any atom is -0.481 e. The number of carbonyl (C=O) groups is 1. The molecule has 0 saturated carbocycles. The molecule has 1 aromatic heterocycles. The third kappa shape index (κ3) is 5.11. The fourth-order valence-electron chi connectivity index (χ4n) is 3.50. The Morgan fingerprint density at radius 1 is 0.909 bits per heavy atom. The van der Waals surface area contributed by atoms with E-state index < -0.39 is 23.5 Å². The standard InChI is InChI=1S/C25H18F4N2O2/c26-19-8-9-21-20(13-19)23(30-11-10-24(32)33)14-22(31-21)16-6-4-15(5-7-16)17-2-1-3-18(12-17)25(27,28)29/h1-9,12-14H,10-11H2,(H,30,31)(H,32,33). The highest BCUT2D eigenvalue weighted by molar-refractivity contribution is 5.94. The van der Waals surface area contributed by atoms with Crippen molar-refractivity contribution < 1.29 is 27.5 Å². The summed E-state index contributed by atoms with van der Waals surface area (Å²) in [5, 5.41) is 12.4. The van der Waals surface area contributed by atoms with Crippen molar-refractivity contribution in [3.05, 3.63) is 84.2 Å². The molecule has 4 nitrogen and oxygen atoms in total. The zero-order valence-corrected chi connectivity index (χ0v) is 17.2. The molecular weight excluding hydrogens is 436 g/mol. The summed E-state index contributed by atoms with van der Waals surface area (Å²) in [6.07, 6.45) is -4.53. The van der Waals surface area contributed by atoms with Gasteiger partial charge in [-0.2, -0.15) is 13.2 Å². The van der Waals surface area contributed by atoms with Crippen LogP contribution in [0.3, 0.4) is 0 Å². The van der Waals surface area contributed by atoms with Gasteiger partial charge in [-0.3, -0.25) is 4.79 Å². The van der Waals surface area contributed by atoms with Crippen LogP contribution in [0.2, 0.25) is 0 Å². The molecule has 0 amide bonds. The Kier molecular flexibility index (Phi) is 6.00. The van der Waals surface area contributed by atoms with Crippen molar-refractivity contribution in [1.82, 2.24) is 4.98 Å². The average Bonchev–Trinajstić information content (AvgIpc) is 2.78. The first-order chi connectivity index (χ1) is 15.7. The summed E-state index contributed by atoms with van der Waals surface area (Å²) in [7, 11) is 0. The van der Waals surface area contributed by atoms with Gasteiger partial charge in [0.25, 0.3) is 0 Å². The number of halogens is 4. The van der Waals surface area contributed by atoms with Gasteiger partial charge in [-0.15, -0.1) is 0 Å². The molecule has 168 valence electrons. The predicted octanol–water partition coefficient (Wildman–Crippen LogP) is 6.61. The van der Waals surface area contributed by atoms with Crippen LogP contribution >= 0.6 is 0 Å².